The highest BCUT2D eigenvalue weighted by Gasteiger charge is 2.31. The molecule has 0 heterocycles. The number of alkyl halides is 3. The molecule has 0 bridgehead atoms. The van der Waals surface area contributed by atoms with Crippen molar-refractivity contribution in [1.29, 1.82) is 0 Å². The Morgan fingerprint density at radius 3 is 1.88 bits per heavy atom. The van der Waals surface area contributed by atoms with Crippen molar-refractivity contribution < 1.29 is 26.4 Å². The minimum Gasteiger partial charge on any atom is -0.295 e. The molecule has 2 rings (SSSR count). The highest BCUT2D eigenvalue weighted by atomic mass is 79.9. The fourth-order valence-corrected chi connectivity index (χ4v) is 3.82. The maximum absolute atomic E-state index is 12.9. The van der Waals surface area contributed by atoms with Gasteiger partial charge in [-0.15, -0.1) is 0 Å². The first-order chi connectivity index (χ1) is 11.5. The first-order valence-corrected chi connectivity index (χ1v) is 9.20. The fourth-order valence-electron chi connectivity index (χ4n) is 2.07. The van der Waals surface area contributed by atoms with E-state index in [1.807, 2.05) is 0 Å². The number of hydrogen-bond donors (Lipinski definition) is 0. The van der Waals surface area contributed by atoms with E-state index < -0.39 is 20.9 Å². The molecule has 25 heavy (non-hydrogen) atoms. The molecule has 0 saturated carbocycles. The molecule has 0 amide bonds. The van der Waals surface area contributed by atoms with Crippen LogP contribution >= 0.6 is 15.9 Å². The number of rotatable bonds is 4. The standard InChI is InChI=1S/C17H12BrF3O3S/c1-11(22)12-2-4-13(5-3-12)16(10-17(19,20)21)25(23,24)15-8-6-14(18)7-9-15/h2-10H,1H3/b16-10+. The highest BCUT2D eigenvalue weighted by molar-refractivity contribution is 9.10. The fraction of sp³-hybridized carbons (Fsp3) is 0.118. The largest absolute Gasteiger partial charge is 0.411 e. The monoisotopic (exact) mass is 432 g/mol. The van der Waals surface area contributed by atoms with Gasteiger partial charge in [0.1, 0.15) is 0 Å². The molecule has 0 N–H and O–H groups in total. The van der Waals surface area contributed by atoms with Gasteiger partial charge in [0.15, 0.2) is 5.78 Å². The summed E-state index contributed by atoms with van der Waals surface area (Å²) in [7, 11) is -4.40. The molecule has 0 spiro atoms. The molecule has 2 aromatic carbocycles. The molecule has 8 heteroatoms. The van der Waals surface area contributed by atoms with E-state index in [0.717, 1.165) is 0 Å². The van der Waals surface area contributed by atoms with Gasteiger partial charge < -0.3 is 0 Å². The molecule has 0 radical (unpaired) electrons. The molecule has 0 fully saturated rings. The van der Waals surface area contributed by atoms with E-state index in [1.165, 1.54) is 55.5 Å². The van der Waals surface area contributed by atoms with Crippen LogP contribution in [-0.2, 0) is 9.84 Å². The van der Waals surface area contributed by atoms with Crippen molar-refractivity contribution >= 4 is 36.5 Å². The Labute approximate surface area is 151 Å². The average molecular weight is 433 g/mol. The van der Waals surface area contributed by atoms with Gasteiger partial charge in [0.25, 0.3) is 0 Å². The number of allylic oxidation sites excluding steroid dienone is 1. The van der Waals surface area contributed by atoms with E-state index in [2.05, 4.69) is 15.9 Å². The Morgan fingerprint density at radius 2 is 1.44 bits per heavy atom. The smallest absolute Gasteiger partial charge is 0.295 e. The van der Waals surface area contributed by atoms with E-state index in [9.17, 15) is 26.4 Å². The molecule has 3 nitrogen and oxygen atoms in total. The van der Waals surface area contributed by atoms with Crippen molar-refractivity contribution in [3.05, 3.63) is 70.2 Å². The molecule has 0 atom stereocenters. The second kappa shape index (κ2) is 7.13. The van der Waals surface area contributed by atoms with Crippen LogP contribution in [0.5, 0.6) is 0 Å². The van der Waals surface area contributed by atoms with Crippen molar-refractivity contribution in [2.24, 2.45) is 0 Å². The van der Waals surface area contributed by atoms with Gasteiger partial charge in [0.05, 0.1) is 9.80 Å². The van der Waals surface area contributed by atoms with Crippen LogP contribution in [0.2, 0.25) is 0 Å². The zero-order valence-electron chi connectivity index (χ0n) is 12.8. The number of halogens is 4. The predicted octanol–water partition coefficient (Wildman–Crippen LogP) is 5.03. The number of hydrogen-bond acceptors (Lipinski definition) is 3. The molecule has 0 saturated heterocycles. The summed E-state index contributed by atoms with van der Waals surface area (Å²) >= 11 is 3.14. The first kappa shape index (κ1) is 19.4. The predicted molar refractivity (Wildman–Crippen MR) is 91.8 cm³/mol. The lowest BCUT2D eigenvalue weighted by molar-refractivity contribution is -0.0792. The minimum absolute atomic E-state index is 0.148. The molecule has 132 valence electrons. The van der Waals surface area contributed by atoms with Gasteiger partial charge in [-0.05, 0) is 36.8 Å². The van der Waals surface area contributed by atoms with Crippen LogP contribution in [0, 0.1) is 0 Å². The lowest BCUT2D eigenvalue weighted by Gasteiger charge is -2.12. The summed E-state index contributed by atoms with van der Waals surface area (Å²) in [5.74, 6) is -0.274. The van der Waals surface area contributed by atoms with E-state index in [-0.39, 0.29) is 27.9 Å². The quantitative estimate of drug-likeness (QED) is 0.636. The number of benzene rings is 2. The van der Waals surface area contributed by atoms with E-state index in [1.54, 1.807) is 0 Å². The Kier molecular flexibility index (Phi) is 5.53. The number of Topliss-reactive ketones (excluding diaryl/α,β-unsaturated/α-hetero) is 1. The highest BCUT2D eigenvalue weighted by Crippen LogP contribution is 2.33. The zero-order valence-corrected chi connectivity index (χ0v) is 15.2. The second-order valence-corrected chi connectivity index (χ2v) is 7.97. The second-order valence-electron chi connectivity index (χ2n) is 5.14. The maximum Gasteiger partial charge on any atom is 0.411 e. The maximum atomic E-state index is 12.9. The Hall–Kier alpha value is -1.93. The van der Waals surface area contributed by atoms with Crippen LogP contribution in [0.4, 0.5) is 13.2 Å². The van der Waals surface area contributed by atoms with Crippen molar-refractivity contribution in [3.63, 3.8) is 0 Å². The van der Waals surface area contributed by atoms with Gasteiger partial charge >= 0.3 is 6.18 Å². The third-order valence-corrected chi connectivity index (χ3v) is 5.64. The lowest BCUT2D eigenvalue weighted by Crippen LogP contribution is -2.10. The molecule has 0 aliphatic carbocycles. The third-order valence-electron chi connectivity index (χ3n) is 3.28. The SMILES string of the molecule is CC(=O)c1ccc(/C(=C\C(F)(F)F)S(=O)(=O)c2ccc(Br)cc2)cc1. The van der Waals surface area contributed by atoms with Gasteiger partial charge in [-0.1, -0.05) is 40.2 Å². The van der Waals surface area contributed by atoms with E-state index in [4.69, 9.17) is 0 Å². The molecular formula is C17H12BrF3O3S. The number of carbonyl (C=O) groups excluding carboxylic acids is 1. The number of ketones is 1. The van der Waals surface area contributed by atoms with Gasteiger partial charge in [-0.2, -0.15) is 13.2 Å². The van der Waals surface area contributed by atoms with Crippen LogP contribution in [0.25, 0.3) is 4.91 Å². The van der Waals surface area contributed by atoms with Crippen molar-refractivity contribution in [3.8, 4) is 0 Å². The molecule has 0 aliphatic rings. The summed E-state index contributed by atoms with van der Waals surface area (Å²) in [4.78, 5) is 10.1. The van der Waals surface area contributed by atoms with E-state index >= 15 is 0 Å². The van der Waals surface area contributed by atoms with Gasteiger partial charge in [0.2, 0.25) is 9.84 Å². The summed E-state index contributed by atoms with van der Waals surface area (Å²) in [5.41, 5.74) is 0.126. The molecule has 0 aliphatic heterocycles. The topological polar surface area (TPSA) is 51.2 Å². The minimum atomic E-state index is -4.82. The zero-order chi connectivity index (χ0) is 18.8. The van der Waals surface area contributed by atoms with Crippen LogP contribution in [0.3, 0.4) is 0 Å². The summed E-state index contributed by atoms with van der Waals surface area (Å²) in [6.07, 6.45) is -5.07. The molecule has 2 aromatic rings. The van der Waals surface area contributed by atoms with Crippen LogP contribution in [0.15, 0.2) is 64.0 Å². The normalized spacial score (nSPS) is 12.9. The van der Waals surface area contributed by atoms with Gasteiger partial charge in [0, 0.05) is 16.1 Å². The summed E-state index contributed by atoms with van der Waals surface area (Å²) in [6.45, 7) is 1.31. The van der Waals surface area contributed by atoms with Crippen LogP contribution in [0.1, 0.15) is 22.8 Å². The average Bonchev–Trinajstić information content (AvgIpc) is 2.52. The van der Waals surface area contributed by atoms with Crippen molar-refractivity contribution in [2.75, 3.05) is 0 Å². The Bertz CT molecular complexity index is 913. The number of carbonyl (C=O) groups is 1. The molecule has 0 aromatic heterocycles. The Morgan fingerprint density at radius 1 is 0.960 bits per heavy atom. The Balaban J connectivity index is 2.63. The number of sulfone groups is 1. The van der Waals surface area contributed by atoms with Crippen molar-refractivity contribution in [1.82, 2.24) is 0 Å². The van der Waals surface area contributed by atoms with Crippen LogP contribution in [-0.4, -0.2) is 20.4 Å². The molecular weight excluding hydrogens is 421 g/mol. The molecule has 0 unspecified atom stereocenters. The van der Waals surface area contributed by atoms with Gasteiger partial charge in [-0.3, -0.25) is 4.79 Å². The van der Waals surface area contributed by atoms with Gasteiger partial charge in [-0.25, -0.2) is 8.42 Å². The summed E-state index contributed by atoms with van der Waals surface area (Å²) in [6, 6.07) is 10.2. The summed E-state index contributed by atoms with van der Waals surface area (Å²) < 4.78 is 64.7. The third kappa shape index (κ3) is 4.79. The van der Waals surface area contributed by atoms with E-state index in [0.29, 0.717) is 4.47 Å². The van der Waals surface area contributed by atoms with Crippen LogP contribution < -0.4 is 0 Å². The summed E-state index contributed by atoms with van der Waals surface area (Å²) in [5, 5.41) is 0. The lowest BCUT2D eigenvalue weighted by atomic mass is 10.1. The van der Waals surface area contributed by atoms with Crippen molar-refractivity contribution in [2.45, 2.75) is 18.0 Å². The first-order valence-electron chi connectivity index (χ1n) is 6.92.